The maximum absolute atomic E-state index is 12.0. The lowest BCUT2D eigenvalue weighted by Crippen LogP contribution is -2.41. The molecule has 1 fully saturated rings. The van der Waals surface area contributed by atoms with Crippen molar-refractivity contribution >= 4 is 11.8 Å². The molecule has 2 aliphatic rings. The maximum atomic E-state index is 12.0. The van der Waals surface area contributed by atoms with Gasteiger partial charge in [-0.25, -0.2) is 0 Å². The van der Waals surface area contributed by atoms with Crippen molar-refractivity contribution < 1.29 is 23.8 Å². The SMILES string of the molecule is O=C(CCC1CCCO1)NNC(=O)c1ccc2c(c1)OCO2. The van der Waals surface area contributed by atoms with Crippen LogP contribution in [0.3, 0.4) is 0 Å². The van der Waals surface area contributed by atoms with E-state index in [4.69, 9.17) is 14.2 Å². The van der Waals surface area contributed by atoms with Crippen LogP contribution >= 0.6 is 0 Å². The van der Waals surface area contributed by atoms with Gasteiger partial charge in [-0.05, 0) is 37.5 Å². The zero-order valence-electron chi connectivity index (χ0n) is 12.1. The Morgan fingerprint density at radius 2 is 2.05 bits per heavy atom. The second-order valence-corrected chi connectivity index (χ2v) is 5.24. The first-order valence-electron chi connectivity index (χ1n) is 7.33. The number of hydrogen-bond donors (Lipinski definition) is 2. The summed E-state index contributed by atoms with van der Waals surface area (Å²) in [6.45, 7) is 0.924. The normalized spacial score (nSPS) is 19.0. The van der Waals surface area contributed by atoms with Gasteiger partial charge in [0.15, 0.2) is 11.5 Å². The molecule has 0 spiro atoms. The van der Waals surface area contributed by atoms with Gasteiger partial charge >= 0.3 is 0 Å². The molecule has 7 heteroatoms. The summed E-state index contributed by atoms with van der Waals surface area (Å²) in [5, 5.41) is 0. The fourth-order valence-electron chi connectivity index (χ4n) is 2.46. The van der Waals surface area contributed by atoms with Crippen molar-refractivity contribution in [2.24, 2.45) is 0 Å². The van der Waals surface area contributed by atoms with Gasteiger partial charge in [0.2, 0.25) is 12.7 Å². The Bertz CT molecular complexity index is 569. The predicted molar refractivity (Wildman–Crippen MR) is 76.4 cm³/mol. The molecule has 1 aromatic carbocycles. The Morgan fingerprint density at radius 1 is 1.18 bits per heavy atom. The van der Waals surface area contributed by atoms with E-state index in [0.29, 0.717) is 29.9 Å². The van der Waals surface area contributed by atoms with Crippen LogP contribution in [0.4, 0.5) is 0 Å². The number of benzene rings is 1. The van der Waals surface area contributed by atoms with Crippen LogP contribution in [0.5, 0.6) is 11.5 Å². The van der Waals surface area contributed by atoms with E-state index >= 15 is 0 Å². The first kappa shape index (κ1) is 14.6. The molecule has 22 heavy (non-hydrogen) atoms. The number of carbonyl (C=O) groups is 2. The van der Waals surface area contributed by atoms with Crippen molar-refractivity contribution in [3.05, 3.63) is 23.8 Å². The summed E-state index contributed by atoms with van der Waals surface area (Å²) in [6, 6.07) is 4.86. The summed E-state index contributed by atoms with van der Waals surface area (Å²) in [5.74, 6) is 0.503. The molecule has 3 rings (SSSR count). The number of nitrogens with one attached hydrogen (secondary N) is 2. The number of fused-ring (bicyclic) bond motifs is 1. The summed E-state index contributed by atoms with van der Waals surface area (Å²) in [5.41, 5.74) is 5.19. The Kier molecular flexibility index (Phi) is 4.43. The molecular weight excluding hydrogens is 288 g/mol. The topological polar surface area (TPSA) is 85.9 Å². The molecular formula is C15H18N2O5. The predicted octanol–water partition coefficient (Wildman–Crippen LogP) is 1.14. The van der Waals surface area contributed by atoms with Gasteiger partial charge in [-0.2, -0.15) is 0 Å². The minimum absolute atomic E-state index is 0.153. The van der Waals surface area contributed by atoms with Gasteiger partial charge in [0.1, 0.15) is 0 Å². The van der Waals surface area contributed by atoms with E-state index in [1.165, 1.54) is 0 Å². The third kappa shape index (κ3) is 3.48. The van der Waals surface area contributed by atoms with E-state index in [1.807, 2.05) is 0 Å². The highest BCUT2D eigenvalue weighted by molar-refractivity contribution is 5.96. The number of carbonyl (C=O) groups excluding carboxylic acids is 2. The quantitative estimate of drug-likeness (QED) is 0.815. The number of rotatable bonds is 4. The molecule has 1 atom stereocenters. The average molecular weight is 306 g/mol. The molecule has 7 nitrogen and oxygen atoms in total. The molecule has 0 bridgehead atoms. The van der Waals surface area contributed by atoms with E-state index in [1.54, 1.807) is 18.2 Å². The van der Waals surface area contributed by atoms with Crippen molar-refractivity contribution in [1.29, 1.82) is 0 Å². The van der Waals surface area contributed by atoms with Crippen molar-refractivity contribution in [2.45, 2.75) is 31.8 Å². The van der Waals surface area contributed by atoms with E-state index in [2.05, 4.69) is 10.9 Å². The van der Waals surface area contributed by atoms with Gasteiger partial charge in [-0.15, -0.1) is 0 Å². The Balaban J connectivity index is 1.44. The fraction of sp³-hybridized carbons (Fsp3) is 0.467. The maximum Gasteiger partial charge on any atom is 0.269 e. The molecule has 1 aromatic rings. The molecule has 2 heterocycles. The molecule has 2 amide bonds. The zero-order valence-corrected chi connectivity index (χ0v) is 12.1. The molecule has 1 unspecified atom stereocenters. The van der Waals surface area contributed by atoms with Crippen molar-refractivity contribution in [3.63, 3.8) is 0 Å². The first-order chi connectivity index (χ1) is 10.7. The highest BCUT2D eigenvalue weighted by Crippen LogP contribution is 2.32. The van der Waals surface area contributed by atoms with Crippen LogP contribution in [0.1, 0.15) is 36.0 Å². The van der Waals surface area contributed by atoms with E-state index < -0.39 is 5.91 Å². The van der Waals surface area contributed by atoms with Crippen molar-refractivity contribution in [1.82, 2.24) is 10.9 Å². The molecule has 0 radical (unpaired) electrons. The average Bonchev–Trinajstić information content (AvgIpc) is 3.20. The van der Waals surface area contributed by atoms with Crippen molar-refractivity contribution in [2.75, 3.05) is 13.4 Å². The van der Waals surface area contributed by atoms with Crippen LogP contribution in [0, 0.1) is 0 Å². The highest BCUT2D eigenvalue weighted by Gasteiger charge is 2.18. The lowest BCUT2D eigenvalue weighted by molar-refractivity contribution is -0.122. The van der Waals surface area contributed by atoms with Crippen LogP contribution in [0.25, 0.3) is 0 Å². The van der Waals surface area contributed by atoms with Gasteiger partial charge in [-0.1, -0.05) is 0 Å². The number of hydrazine groups is 1. The molecule has 1 saturated heterocycles. The first-order valence-corrected chi connectivity index (χ1v) is 7.33. The number of ether oxygens (including phenoxy) is 3. The van der Waals surface area contributed by atoms with Gasteiger partial charge < -0.3 is 14.2 Å². The molecule has 0 aliphatic carbocycles. The standard InChI is InChI=1S/C15H18N2O5/c18-14(6-4-11-2-1-7-20-11)16-17-15(19)10-3-5-12-13(8-10)22-9-21-12/h3,5,8,11H,1-2,4,6-7,9H2,(H,16,18)(H,17,19). The third-order valence-corrected chi connectivity index (χ3v) is 3.67. The van der Waals surface area contributed by atoms with E-state index in [9.17, 15) is 9.59 Å². The number of hydrogen-bond acceptors (Lipinski definition) is 5. The third-order valence-electron chi connectivity index (χ3n) is 3.67. The molecule has 0 saturated carbocycles. The van der Waals surface area contributed by atoms with E-state index in [0.717, 1.165) is 19.4 Å². The molecule has 2 N–H and O–H groups in total. The van der Waals surface area contributed by atoms with E-state index in [-0.39, 0.29) is 18.8 Å². The van der Waals surface area contributed by atoms with Crippen molar-refractivity contribution in [3.8, 4) is 11.5 Å². The Hall–Kier alpha value is -2.28. The minimum Gasteiger partial charge on any atom is -0.454 e. The van der Waals surface area contributed by atoms with Gasteiger partial charge in [0.25, 0.3) is 5.91 Å². The smallest absolute Gasteiger partial charge is 0.269 e. The second kappa shape index (κ2) is 6.65. The Morgan fingerprint density at radius 3 is 2.86 bits per heavy atom. The minimum atomic E-state index is -0.399. The van der Waals surface area contributed by atoms with Gasteiger partial charge in [0.05, 0.1) is 6.10 Å². The van der Waals surface area contributed by atoms with Gasteiger partial charge in [-0.3, -0.25) is 20.4 Å². The monoisotopic (exact) mass is 306 g/mol. The zero-order chi connectivity index (χ0) is 15.4. The van der Waals surface area contributed by atoms with Gasteiger partial charge in [0, 0.05) is 18.6 Å². The lowest BCUT2D eigenvalue weighted by Gasteiger charge is -2.10. The largest absolute Gasteiger partial charge is 0.454 e. The summed E-state index contributed by atoms with van der Waals surface area (Å²) in [7, 11) is 0. The van der Waals surface area contributed by atoms with Crippen LogP contribution in [0.15, 0.2) is 18.2 Å². The van der Waals surface area contributed by atoms with Crippen LogP contribution in [0.2, 0.25) is 0 Å². The second-order valence-electron chi connectivity index (χ2n) is 5.24. The summed E-state index contributed by atoms with van der Waals surface area (Å²) >= 11 is 0. The van der Waals surface area contributed by atoms with Crippen LogP contribution < -0.4 is 20.3 Å². The Labute approximate surface area is 127 Å². The molecule has 0 aromatic heterocycles. The number of amides is 2. The lowest BCUT2D eigenvalue weighted by atomic mass is 10.1. The van der Waals surface area contributed by atoms with Crippen LogP contribution in [-0.2, 0) is 9.53 Å². The highest BCUT2D eigenvalue weighted by atomic mass is 16.7. The molecule has 2 aliphatic heterocycles. The summed E-state index contributed by atoms with van der Waals surface area (Å²) < 4.78 is 15.8. The molecule has 118 valence electrons. The van der Waals surface area contributed by atoms with Crippen LogP contribution in [-0.4, -0.2) is 31.3 Å². The fourth-order valence-corrected chi connectivity index (χ4v) is 2.46. The summed E-state index contributed by atoms with van der Waals surface area (Å²) in [6.07, 6.45) is 3.21. The summed E-state index contributed by atoms with van der Waals surface area (Å²) in [4.78, 5) is 23.7.